The molecule has 2 aromatic rings. The number of rotatable bonds is 6. The zero-order valence-corrected chi connectivity index (χ0v) is 21.3. The lowest BCUT2D eigenvalue weighted by molar-refractivity contribution is -0.117. The van der Waals surface area contributed by atoms with Crippen LogP contribution in [-0.2, 0) is 32.5 Å². The molecule has 3 rings (SSSR count). The smallest absolute Gasteiger partial charge is 0.264 e. The van der Waals surface area contributed by atoms with Gasteiger partial charge in [-0.15, -0.1) is 0 Å². The molecule has 0 bridgehead atoms. The summed E-state index contributed by atoms with van der Waals surface area (Å²) in [4.78, 5) is 28.1. The third-order valence-electron chi connectivity index (χ3n) is 5.76. The number of hydrogen-bond donors (Lipinski definition) is 2. The van der Waals surface area contributed by atoms with Gasteiger partial charge >= 0.3 is 0 Å². The molecule has 1 aromatic heterocycles. The van der Waals surface area contributed by atoms with Gasteiger partial charge in [-0.3, -0.25) is 9.59 Å². The van der Waals surface area contributed by atoms with E-state index in [0.717, 1.165) is 37.4 Å². The van der Waals surface area contributed by atoms with Crippen LogP contribution in [0.5, 0.6) is 0 Å². The Balaban J connectivity index is 1.64. The Morgan fingerprint density at radius 2 is 1.91 bits per heavy atom. The second-order valence-electron chi connectivity index (χ2n) is 9.39. The van der Waals surface area contributed by atoms with Gasteiger partial charge in [0.25, 0.3) is 10.0 Å². The van der Waals surface area contributed by atoms with E-state index in [4.69, 9.17) is 4.98 Å². The van der Waals surface area contributed by atoms with Crippen molar-refractivity contribution in [2.45, 2.75) is 56.9 Å². The number of sulfonamides is 1. The highest BCUT2D eigenvalue weighted by Gasteiger charge is 2.30. The average Bonchev–Trinajstić information content (AvgIpc) is 2.75. The number of anilines is 1. The summed E-state index contributed by atoms with van der Waals surface area (Å²) in [6, 6.07) is 9.61. The van der Waals surface area contributed by atoms with E-state index in [0.29, 0.717) is 22.2 Å². The summed E-state index contributed by atoms with van der Waals surface area (Å²) in [7, 11) is -3.93. The normalized spacial score (nSPS) is 15.7. The topological polar surface area (TPSA) is 129 Å². The lowest BCUT2D eigenvalue weighted by Crippen LogP contribution is -2.28. The monoisotopic (exact) mass is 500 g/mol. The van der Waals surface area contributed by atoms with E-state index in [9.17, 15) is 23.3 Å². The van der Waals surface area contributed by atoms with Crippen molar-refractivity contribution < 1.29 is 18.0 Å². The molecule has 1 atom stereocenters. The first-order valence-corrected chi connectivity index (χ1v) is 13.3. The molecule has 1 aliphatic carbocycles. The van der Waals surface area contributed by atoms with Crippen LogP contribution >= 0.6 is 11.8 Å². The third-order valence-corrected chi connectivity index (χ3v) is 8.20. The number of nitrogens with zero attached hydrogens (tertiary/aromatic N) is 2. The van der Waals surface area contributed by atoms with Gasteiger partial charge in [0, 0.05) is 18.3 Å². The van der Waals surface area contributed by atoms with E-state index in [-0.39, 0.29) is 22.0 Å². The fourth-order valence-electron chi connectivity index (χ4n) is 3.87. The van der Waals surface area contributed by atoms with Crippen molar-refractivity contribution in [3.8, 4) is 6.07 Å². The molecule has 0 radical (unpaired) electrons. The number of benzene rings is 1. The number of nitrogens with one attached hydrogen (secondary N) is 2. The highest BCUT2D eigenvalue weighted by molar-refractivity contribution is 8.00. The summed E-state index contributed by atoms with van der Waals surface area (Å²) in [6.45, 7) is 7.82. The van der Waals surface area contributed by atoms with Gasteiger partial charge in [-0.05, 0) is 66.5 Å². The van der Waals surface area contributed by atoms with Crippen LogP contribution in [0.3, 0.4) is 0 Å². The molecular weight excluding hydrogens is 472 g/mol. The van der Waals surface area contributed by atoms with Crippen LogP contribution in [0.2, 0.25) is 0 Å². The first kappa shape index (κ1) is 25.7. The predicted molar refractivity (Wildman–Crippen MR) is 131 cm³/mol. The van der Waals surface area contributed by atoms with Gasteiger partial charge in [-0.25, -0.2) is 18.1 Å². The van der Waals surface area contributed by atoms with Crippen molar-refractivity contribution in [3.05, 3.63) is 47.2 Å². The van der Waals surface area contributed by atoms with Gasteiger partial charge in [0.15, 0.2) is 0 Å². The molecule has 0 fully saturated rings. The third kappa shape index (κ3) is 6.36. The molecule has 0 saturated heterocycles. The number of hydrogen-bond acceptors (Lipinski definition) is 7. The van der Waals surface area contributed by atoms with Crippen molar-refractivity contribution in [2.75, 3.05) is 11.1 Å². The molecule has 180 valence electrons. The SMILES string of the molecule is CC(=O)NS(=O)(=O)c1ccc(NC(=O)CSc2nc3c(cc2C#N)CC(C(C)(C)C)CC3)cc1. The molecule has 1 unspecified atom stereocenters. The summed E-state index contributed by atoms with van der Waals surface area (Å²) in [6.07, 6.45) is 2.81. The molecule has 10 heteroatoms. The fourth-order valence-corrected chi connectivity index (χ4v) is 5.64. The Hall–Kier alpha value is -2.90. The molecule has 34 heavy (non-hydrogen) atoms. The highest BCUT2D eigenvalue weighted by Crippen LogP contribution is 2.38. The van der Waals surface area contributed by atoms with Crippen LogP contribution in [0.4, 0.5) is 5.69 Å². The average molecular weight is 501 g/mol. The maximum Gasteiger partial charge on any atom is 0.264 e. The summed E-state index contributed by atoms with van der Waals surface area (Å²) >= 11 is 1.20. The minimum absolute atomic E-state index is 0.0526. The Bertz CT molecular complexity index is 1240. The minimum Gasteiger partial charge on any atom is -0.325 e. The summed E-state index contributed by atoms with van der Waals surface area (Å²) < 4.78 is 25.9. The number of thioether (sulfide) groups is 1. The molecule has 0 saturated carbocycles. The van der Waals surface area contributed by atoms with Crippen LogP contribution in [0.15, 0.2) is 40.3 Å². The molecule has 1 aromatic carbocycles. The van der Waals surface area contributed by atoms with Gasteiger partial charge < -0.3 is 5.32 Å². The second kappa shape index (κ2) is 10.2. The number of carbonyl (C=O) groups excluding carboxylic acids is 2. The lowest BCUT2D eigenvalue weighted by atomic mass is 9.71. The van der Waals surface area contributed by atoms with E-state index in [1.807, 2.05) is 10.8 Å². The standard InChI is InChI=1S/C24H28N4O4S2/c1-15(29)28-34(31,32)20-8-6-19(7-9-20)26-22(30)14-33-23-17(13-25)11-16-12-18(24(2,3)4)5-10-21(16)27-23/h6-9,11,18H,5,10,12,14H2,1-4H3,(H,26,30)(H,28,29). The molecule has 1 aliphatic rings. The molecule has 2 N–H and O–H groups in total. The number of nitriles is 1. The predicted octanol–water partition coefficient (Wildman–Crippen LogP) is 3.66. The van der Waals surface area contributed by atoms with Crippen molar-refractivity contribution in [1.82, 2.24) is 9.71 Å². The largest absolute Gasteiger partial charge is 0.325 e. The van der Waals surface area contributed by atoms with Crippen LogP contribution in [-0.4, -0.2) is 31.0 Å². The molecule has 2 amide bonds. The number of amides is 2. The van der Waals surface area contributed by atoms with E-state index in [1.165, 1.54) is 36.0 Å². The Morgan fingerprint density at radius 1 is 1.24 bits per heavy atom. The maximum absolute atomic E-state index is 12.4. The van der Waals surface area contributed by atoms with Crippen molar-refractivity contribution in [1.29, 1.82) is 5.26 Å². The first-order chi connectivity index (χ1) is 15.9. The molecular formula is C24H28N4O4S2. The van der Waals surface area contributed by atoms with E-state index >= 15 is 0 Å². The summed E-state index contributed by atoms with van der Waals surface area (Å²) in [5.74, 6) is -0.399. The van der Waals surface area contributed by atoms with E-state index in [1.54, 1.807) is 0 Å². The van der Waals surface area contributed by atoms with E-state index in [2.05, 4.69) is 32.2 Å². The minimum atomic E-state index is -3.93. The molecule has 0 spiro atoms. The van der Waals surface area contributed by atoms with Gasteiger partial charge in [0.2, 0.25) is 11.8 Å². The van der Waals surface area contributed by atoms with Gasteiger partial charge in [-0.1, -0.05) is 32.5 Å². The van der Waals surface area contributed by atoms with Crippen LogP contribution in [0.1, 0.15) is 50.9 Å². The number of aromatic nitrogens is 1. The molecule has 8 nitrogen and oxygen atoms in total. The summed E-state index contributed by atoms with van der Waals surface area (Å²) in [5.41, 5.74) is 3.20. The summed E-state index contributed by atoms with van der Waals surface area (Å²) in [5, 5.41) is 12.9. The van der Waals surface area contributed by atoms with Crippen molar-refractivity contribution >= 4 is 39.3 Å². The van der Waals surface area contributed by atoms with Crippen LogP contribution in [0.25, 0.3) is 0 Å². The first-order valence-electron chi connectivity index (χ1n) is 10.9. The van der Waals surface area contributed by atoms with Crippen LogP contribution in [0, 0.1) is 22.7 Å². The Labute approximate surface area is 204 Å². The highest BCUT2D eigenvalue weighted by atomic mass is 32.2. The Morgan fingerprint density at radius 3 is 2.50 bits per heavy atom. The zero-order chi connectivity index (χ0) is 25.1. The van der Waals surface area contributed by atoms with Gasteiger partial charge in [0.1, 0.15) is 11.1 Å². The zero-order valence-electron chi connectivity index (χ0n) is 19.6. The Kier molecular flexibility index (Phi) is 7.68. The fraction of sp³-hybridized carbons (Fsp3) is 0.417. The number of fused-ring (bicyclic) bond motifs is 1. The quantitative estimate of drug-likeness (QED) is 0.579. The van der Waals surface area contributed by atoms with Crippen LogP contribution < -0.4 is 10.0 Å². The van der Waals surface area contributed by atoms with Gasteiger partial charge in [0.05, 0.1) is 16.2 Å². The second-order valence-corrected chi connectivity index (χ2v) is 12.0. The number of aryl methyl sites for hydroxylation is 1. The van der Waals surface area contributed by atoms with E-state index < -0.39 is 15.9 Å². The molecule has 0 aliphatic heterocycles. The van der Waals surface area contributed by atoms with Crippen molar-refractivity contribution in [2.24, 2.45) is 11.3 Å². The van der Waals surface area contributed by atoms with Crippen molar-refractivity contribution in [3.63, 3.8) is 0 Å². The maximum atomic E-state index is 12.4. The molecule has 1 heterocycles. The number of carbonyl (C=O) groups is 2. The lowest BCUT2D eigenvalue weighted by Gasteiger charge is -2.34. The number of pyridine rings is 1. The van der Waals surface area contributed by atoms with Gasteiger partial charge in [-0.2, -0.15) is 5.26 Å².